The SMILES string of the molecule is CCC1(O)CN(C(=O)CCc2c(C)noc2C)C1. The molecule has 1 aliphatic rings. The van der Waals surface area contributed by atoms with Crippen LogP contribution >= 0.6 is 0 Å². The van der Waals surface area contributed by atoms with E-state index in [0.717, 1.165) is 17.0 Å². The fourth-order valence-corrected chi connectivity index (χ4v) is 2.31. The van der Waals surface area contributed by atoms with E-state index in [0.29, 0.717) is 32.4 Å². The molecule has 5 nitrogen and oxygen atoms in total. The molecule has 0 bridgehead atoms. The third-order valence-corrected chi connectivity index (χ3v) is 3.75. The summed E-state index contributed by atoms with van der Waals surface area (Å²) in [5.41, 5.74) is 1.22. The summed E-state index contributed by atoms with van der Waals surface area (Å²) in [6, 6.07) is 0. The number of carbonyl (C=O) groups is 1. The summed E-state index contributed by atoms with van der Waals surface area (Å²) in [7, 11) is 0. The minimum absolute atomic E-state index is 0.0909. The standard InChI is InChI=1S/C13H20N2O3/c1-4-13(17)7-15(8-13)12(16)6-5-11-9(2)14-18-10(11)3/h17H,4-8H2,1-3H3. The van der Waals surface area contributed by atoms with Crippen molar-refractivity contribution in [1.82, 2.24) is 10.1 Å². The molecule has 1 aromatic heterocycles. The van der Waals surface area contributed by atoms with E-state index in [1.807, 2.05) is 20.8 Å². The van der Waals surface area contributed by atoms with Gasteiger partial charge in [0.25, 0.3) is 0 Å². The van der Waals surface area contributed by atoms with Crippen LogP contribution in [0.5, 0.6) is 0 Å². The van der Waals surface area contributed by atoms with Gasteiger partial charge in [0.05, 0.1) is 24.4 Å². The molecule has 0 spiro atoms. The van der Waals surface area contributed by atoms with Crippen LogP contribution in [0.15, 0.2) is 4.52 Å². The molecule has 1 fully saturated rings. The van der Waals surface area contributed by atoms with E-state index in [1.54, 1.807) is 4.90 Å². The molecular formula is C13H20N2O3. The Morgan fingerprint density at radius 1 is 1.50 bits per heavy atom. The van der Waals surface area contributed by atoms with E-state index in [9.17, 15) is 9.90 Å². The topological polar surface area (TPSA) is 66.6 Å². The van der Waals surface area contributed by atoms with Crippen LogP contribution in [-0.4, -0.2) is 39.8 Å². The van der Waals surface area contributed by atoms with Gasteiger partial charge in [-0.25, -0.2) is 0 Å². The van der Waals surface area contributed by atoms with E-state index in [-0.39, 0.29) is 5.91 Å². The Kier molecular flexibility index (Phi) is 3.43. The number of amides is 1. The second-order valence-corrected chi connectivity index (χ2v) is 5.13. The monoisotopic (exact) mass is 252 g/mol. The van der Waals surface area contributed by atoms with Gasteiger partial charge in [0, 0.05) is 12.0 Å². The first-order chi connectivity index (χ1) is 8.45. The zero-order valence-electron chi connectivity index (χ0n) is 11.2. The number of aliphatic hydroxyl groups is 1. The minimum Gasteiger partial charge on any atom is -0.386 e. The second kappa shape index (κ2) is 4.72. The van der Waals surface area contributed by atoms with Crippen molar-refractivity contribution in [2.24, 2.45) is 0 Å². The van der Waals surface area contributed by atoms with Crippen LogP contribution in [0, 0.1) is 13.8 Å². The van der Waals surface area contributed by atoms with Gasteiger partial charge in [0.1, 0.15) is 5.76 Å². The van der Waals surface area contributed by atoms with Gasteiger partial charge in [0.2, 0.25) is 5.91 Å². The quantitative estimate of drug-likeness (QED) is 0.874. The van der Waals surface area contributed by atoms with E-state index >= 15 is 0 Å². The zero-order valence-corrected chi connectivity index (χ0v) is 11.2. The van der Waals surface area contributed by atoms with Gasteiger partial charge in [0.15, 0.2) is 0 Å². The Bertz CT molecular complexity index is 428. The Hall–Kier alpha value is -1.36. The molecule has 0 radical (unpaired) electrons. The molecule has 100 valence electrons. The number of β-amino-alcohol motifs (C(OH)–C–C–N with tert-alkyl or cyclic N) is 1. The molecule has 0 atom stereocenters. The maximum atomic E-state index is 11.9. The number of aromatic nitrogens is 1. The van der Waals surface area contributed by atoms with Crippen molar-refractivity contribution in [3.8, 4) is 0 Å². The largest absolute Gasteiger partial charge is 0.386 e. The molecule has 1 amide bonds. The molecule has 2 rings (SSSR count). The maximum absolute atomic E-state index is 11.9. The van der Waals surface area contributed by atoms with Crippen LogP contribution in [0.25, 0.3) is 0 Å². The maximum Gasteiger partial charge on any atom is 0.223 e. The highest BCUT2D eigenvalue weighted by Crippen LogP contribution is 2.25. The molecule has 2 heterocycles. The van der Waals surface area contributed by atoms with Gasteiger partial charge in [-0.2, -0.15) is 0 Å². The highest BCUT2D eigenvalue weighted by atomic mass is 16.5. The van der Waals surface area contributed by atoms with Crippen molar-refractivity contribution in [2.75, 3.05) is 13.1 Å². The van der Waals surface area contributed by atoms with Crippen LogP contribution in [-0.2, 0) is 11.2 Å². The summed E-state index contributed by atoms with van der Waals surface area (Å²) >= 11 is 0. The predicted molar refractivity (Wildman–Crippen MR) is 66.1 cm³/mol. The molecule has 0 aliphatic carbocycles. The molecule has 1 saturated heterocycles. The summed E-state index contributed by atoms with van der Waals surface area (Å²) < 4.78 is 5.06. The lowest BCUT2D eigenvalue weighted by Crippen LogP contribution is -2.63. The van der Waals surface area contributed by atoms with Crippen LogP contribution < -0.4 is 0 Å². The first-order valence-corrected chi connectivity index (χ1v) is 6.37. The highest BCUT2D eigenvalue weighted by molar-refractivity contribution is 5.77. The van der Waals surface area contributed by atoms with E-state index in [1.165, 1.54) is 0 Å². The van der Waals surface area contributed by atoms with Crippen LogP contribution in [0.3, 0.4) is 0 Å². The van der Waals surface area contributed by atoms with Crippen molar-refractivity contribution in [2.45, 2.75) is 45.6 Å². The zero-order chi connectivity index (χ0) is 13.3. The number of likely N-dealkylation sites (tertiary alicyclic amines) is 1. The molecule has 1 N–H and O–H groups in total. The summed E-state index contributed by atoms with van der Waals surface area (Å²) in [6.45, 7) is 6.61. The van der Waals surface area contributed by atoms with Crippen molar-refractivity contribution >= 4 is 5.91 Å². The molecule has 1 aliphatic heterocycles. The number of carbonyl (C=O) groups excluding carboxylic acids is 1. The van der Waals surface area contributed by atoms with Gasteiger partial charge in [-0.05, 0) is 26.7 Å². The van der Waals surface area contributed by atoms with Crippen LogP contribution in [0.2, 0.25) is 0 Å². The first kappa shape index (κ1) is 13.1. The first-order valence-electron chi connectivity index (χ1n) is 6.37. The lowest BCUT2D eigenvalue weighted by Gasteiger charge is -2.46. The van der Waals surface area contributed by atoms with Gasteiger partial charge < -0.3 is 14.5 Å². The Morgan fingerprint density at radius 3 is 2.67 bits per heavy atom. The summed E-state index contributed by atoms with van der Waals surface area (Å²) in [4.78, 5) is 13.6. The minimum atomic E-state index is -0.654. The van der Waals surface area contributed by atoms with E-state index in [4.69, 9.17) is 4.52 Å². The van der Waals surface area contributed by atoms with Crippen molar-refractivity contribution in [3.63, 3.8) is 0 Å². The van der Waals surface area contributed by atoms with Gasteiger partial charge in [-0.3, -0.25) is 4.79 Å². The molecule has 0 saturated carbocycles. The van der Waals surface area contributed by atoms with E-state index < -0.39 is 5.60 Å². The predicted octanol–water partition coefficient (Wildman–Crippen LogP) is 1.21. The Morgan fingerprint density at radius 2 is 2.17 bits per heavy atom. The second-order valence-electron chi connectivity index (χ2n) is 5.13. The summed E-state index contributed by atoms with van der Waals surface area (Å²) in [5, 5.41) is 13.7. The van der Waals surface area contributed by atoms with Crippen molar-refractivity contribution in [3.05, 3.63) is 17.0 Å². The third kappa shape index (κ3) is 2.41. The van der Waals surface area contributed by atoms with Crippen molar-refractivity contribution < 1.29 is 14.4 Å². The molecular weight excluding hydrogens is 232 g/mol. The van der Waals surface area contributed by atoms with Gasteiger partial charge in [-0.15, -0.1) is 0 Å². The highest BCUT2D eigenvalue weighted by Gasteiger charge is 2.41. The average Bonchev–Trinajstić information content (AvgIpc) is 2.62. The number of hydrogen-bond donors (Lipinski definition) is 1. The van der Waals surface area contributed by atoms with Crippen LogP contribution in [0.4, 0.5) is 0 Å². The summed E-state index contributed by atoms with van der Waals surface area (Å²) in [6.07, 6.45) is 1.80. The normalized spacial score (nSPS) is 17.7. The smallest absolute Gasteiger partial charge is 0.223 e. The third-order valence-electron chi connectivity index (χ3n) is 3.75. The van der Waals surface area contributed by atoms with Crippen molar-refractivity contribution in [1.29, 1.82) is 0 Å². The molecule has 18 heavy (non-hydrogen) atoms. The average molecular weight is 252 g/mol. The Labute approximate surface area is 107 Å². The Balaban J connectivity index is 1.84. The van der Waals surface area contributed by atoms with E-state index in [2.05, 4.69) is 5.16 Å². The number of rotatable bonds is 4. The molecule has 0 aromatic carbocycles. The van der Waals surface area contributed by atoms with Gasteiger partial charge in [-0.1, -0.05) is 12.1 Å². The number of aryl methyl sites for hydroxylation is 2. The molecule has 1 aromatic rings. The van der Waals surface area contributed by atoms with Crippen LogP contribution in [0.1, 0.15) is 36.8 Å². The molecule has 5 heteroatoms. The number of nitrogens with zero attached hydrogens (tertiary/aromatic N) is 2. The fourth-order valence-electron chi connectivity index (χ4n) is 2.31. The fraction of sp³-hybridized carbons (Fsp3) is 0.692. The lowest BCUT2D eigenvalue weighted by molar-refractivity contribution is -0.155. The van der Waals surface area contributed by atoms with Gasteiger partial charge >= 0.3 is 0 Å². The number of hydrogen-bond acceptors (Lipinski definition) is 4. The molecule has 0 unspecified atom stereocenters. The lowest BCUT2D eigenvalue weighted by atomic mass is 9.91. The summed E-state index contributed by atoms with van der Waals surface area (Å²) in [5.74, 6) is 0.877.